The molecule has 0 aliphatic rings. The summed E-state index contributed by atoms with van der Waals surface area (Å²) in [6.07, 6.45) is 0. The van der Waals surface area contributed by atoms with Gasteiger partial charge in [0.15, 0.2) is 11.6 Å². The highest BCUT2D eigenvalue weighted by atomic mass is 79.9. The van der Waals surface area contributed by atoms with Crippen molar-refractivity contribution in [1.82, 2.24) is 0 Å². The first kappa shape index (κ1) is 14.6. The lowest BCUT2D eigenvalue weighted by atomic mass is 10.2. The van der Waals surface area contributed by atoms with Crippen LogP contribution in [-0.2, 0) is 6.61 Å². The minimum atomic E-state index is -1.02. The Bertz CT molecular complexity index is 620. The zero-order valence-electron chi connectivity index (χ0n) is 9.39. The van der Waals surface area contributed by atoms with Gasteiger partial charge in [-0.15, -0.1) is 0 Å². The second-order valence-electron chi connectivity index (χ2n) is 3.74. The second-order valence-corrected chi connectivity index (χ2v) is 5.47. The number of benzene rings is 2. The minimum Gasteiger partial charge on any atom is -0.486 e. The predicted octanol–water partition coefficient (Wildman–Crippen LogP) is 5.61. The molecule has 19 heavy (non-hydrogen) atoms. The summed E-state index contributed by atoms with van der Waals surface area (Å²) in [5, 5.41) is 0.800. The summed E-state index contributed by atoms with van der Waals surface area (Å²) in [4.78, 5) is 0. The third kappa shape index (κ3) is 3.59. The van der Waals surface area contributed by atoms with Crippen molar-refractivity contribution in [2.24, 2.45) is 0 Å². The van der Waals surface area contributed by atoms with Gasteiger partial charge in [0.2, 0.25) is 5.82 Å². The van der Waals surface area contributed by atoms with Gasteiger partial charge in [-0.2, -0.15) is 4.39 Å². The van der Waals surface area contributed by atoms with E-state index in [1.54, 1.807) is 18.2 Å². The fourth-order valence-corrected chi connectivity index (χ4v) is 2.16. The third-order valence-electron chi connectivity index (χ3n) is 2.34. The molecule has 0 amide bonds. The molecular weight excluding hydrogens is 361 g/mol. The van der Waals surface area contributed by atoms with Crippen molar-refractivity contribution in [3.63, 3.8) is 0 Å². The Balaban J connectivity index is 2.16. The maximum absolute atomic E-state index is 13.5. The van der Waals surface area contributed by atoms with Gasteiger partial charge >= 0.3 is 0 Å². The smallest absolute Gasteiger partial charge is 0.200 e. The quantitative estimate of drug-likeness (QED) is 0.640. The zero-order chi connectivity index (χ0) is 14.0. The number of rotatable bonds is 3. The number of halogens is 5. The van der Waals surface area contributed by atoms with Crippen LogP contribution in [0.15, 0.2) is 34.8 Å². The van der Waals surface area contributed by atoms with Gasteiger partial charge in [0.1, 0.15) is 6.61 Å². The Morgan fingerprint density at radius 3 is 2.47 bits per heavy atom. The molecule has 0 unspecified atom stereocenters. The van der Waals surface area contributed by atoms with Gasteiger partial charge in [-0.3, -0.25) is 0 Å². The highest BCUT2D eigenvalue weighted by molar-refractivity contribution is 9.10. The zero-order valence-corrected chi connectivity index (χ0v) is 12.5. The van der Waals surface area contributed by atoms with Crippen LogP contribution in [-0.4, -0.2) is 0 Å². The van der Waals surface area contributed by atoms with E-state index in [1.807, 2.05) is 0 Å². The van der Waals surface area contributed by atoms with Gasteiger partial charge in [0.25, 0.3) is 0 Å². The molecule has 0 heterocycles. The number of hydrogen-bond acceptors (Lipinski definition) is 1. The second kappa shape index (κ2) is 6.07. The molecule has 0 saturated heterocycles. The Morgan fingerprint density at radius 2 is 1.79 bits per heavy atom. The standard InChI is InChI=1S/C13H7BrCl2F2O/c14-8-4-11(17)13(18)12(5-8)19-6-7-1-2-9(15)10(16)3-7/h1-5H,6H2. The molecule has 100 valence electrons. The van der Waals surface area contributed by atoms with Crippen LogP contribution in [0.4, 0.5) is 8.78 Å². The topological polar surface area (TPSA) is 9.23 Å². The first-order valence-electron chi connectivity index (χ1n) is 5.18. The molecular formula is C13H7BrCl2F2O. The molecule has 2 rings (SSSR count). The Kier molecular flexibility index (Phi) is 4.66. The lowest BCUT2D eigenvalue weighted by Gasteiger charge is -2.09. The van der Waals surface area contributed by atoms with E-state index < -0.39 is 11.6 Å². The van der Waals surface area contributed by atoms with Crippen molar-refractivity contribution in [3.05, 3.63) is 62.0 Å². The van der Waals surface area contributed by atoms with E-state index in [0.29, 0.717) is 20.1 Å². The Morgan fingerprint density at radius 1 is 1.05 bits per heavy atom. The van der Waals surface area contributed by atoms with Crippen LogP contribution in [0.1, 0.15) is 5.56 Å². The maximum atomic E-state index is 13.5. The number of ether oxygens (including phenoxy) is 1. The van der Waals surface area contributed by atoms with Gasteiger partial charge in [-0.05, 0) is 29.8 Å². The predicted molar refractivity (Wildman–Crippen MR) is 74.9 cm³/mol. The fourth-order valence-electron chi connectivity index (χ4n) is 1.43. The van der Waals surface area contributed by atoms with Crippen LogP contribution >= 0.6 is 39.1 Å². The van der Waals surface area contributed by atoms with Gasteiger partial charge in [0.05, 0.1) is 10.0 Å². The van der Waals surface area contributed by atoms with E-state index in [1.165, 1.54) is 6.07 Å². The molecule has 0 aliphatic carbocycles. The fraction of sp³-hybridized carbons (Fsp3) is 0.0769. The molecule has 0 aliphatic heterocycles. The molecule has 0 saturated carbocycles. The first-order valence-corrected chi connectivity index (χ1v) is 6.73. The molecule has 2 aromatic carbocycles. The van der Waals surface area contributed by atoms with Gasteiger partial charge < -0.3 is 4.74 Å². The molecule has 0 radical (unpaired) electrons. The summed E-state index contributed by atoms with van der Waals surface area (Å²) in [5.41, 5.74) is 0.703. The normalized spacial score (nSPS) is 10.6. The Labute approximate surface area is 127 Å². The minimum absolute atomic E-state index is 0.0592. The molecule has 0 fully saturated rings. The average molecular weight is 368 g/mol. The van der Waals surface area contributed by atoms with E-state index in [0.717, 1.165) is 6.07 Å². The van der Waals surface area contributed by atoms with Crippen molar-refractivity contribution in [2.75, 3.05) is 0 Å². The van der Waals surface area contributed by atoms with Crippen molar-refractivity contribution < 1.29 is 13.5 Å². The summed E-state index contributed by atoms with van der Waals surface area (Å²) < 4.78 is 32.3. The third-order valence-corrected chi connectivity index (χ3v) is 3.53. The Hall–Kier alpha value is -0.840. The first-order chi connectivity index (χ1) is 8.97. The van der Waals surface area contributed by atoms with Crippen LogP contribution < -0.4 is 4.74 Å². The molecule has 0 bridgehead atoms. The van der Waals surface area contributed by atoms with Gasteiger partial charge in [0, 0.05) is 4.47 Å². The van der Waals surface area contributed by atoms with E-state index in [-0.39, 0.29) is 12.4 Å². The molecule has 0 atom stereocenters. The monoisotopic (exact) mass is 366 g/mol. The van der Waals surface area contributed by atoms with E-state index in [2.05, 4.69) is 15.9 Å². The van der Waals surface area contributed by atoms with E-state index in [4.69, 9.17) is 27.9 Å². The highest BCUT2D eigenvalue weighted by Crippen LogP contribution is 2.27. The molecule has 0 spiro atoms. The van der Waals surface area contributed by atoms with Crippen LogP contribution in [0.5, 0.6) is 5.75 Å². The summed E-state index contributed by atoms with van der Waals surface area (Å²) in [7, 11) is 0. The molecule has 0 N–H and O–H groups in total. The van der Waals surface area contributed by atoms with E-state index >= 15 is 0 Å². The molecule has 6 heteroatoms. The summed E-state index contributed by atoms with van der Waals surface area (Å²) in [6, 6.07) is 7.30. The van der Waals surface area contributed by atoms with Gasteiger partial charge in [-0.25, -0.2) is 4.39 Å². The largest absolute Gasteiger partial charge is 0.486 e. The van der Waals surface area contributed by atoms with E-state index in [9.17, 15) is 8.78 Å². The van der Waals surface area contributed by atoms with Crippen LogP contribution in [0.3, 0.4) is 0 Å². The molecule has 1 nitrogen and oxygen atoms in total. The molecule has 2 aromatic rings. The summed E-state index contributed by atoms with van der Waals surface area (Å²) in [5.74, 6) is -2.17. The van der Waals surface area contributed by atoms with Crippen molar-refractivity contribution in [2.45, 2.75) is 6.61 Å². The maximum Gasteiger partial charge on any atom is 0.200 e. The molecule has 0 aromatic heterocycles. The SMILES string of the molecule is Fc1cc(Br)cc(OCc2ccc(Cl)c(Cl)c2)c1F. The summed E-state index contributed by atoms with van der Waals surface area (Å²) in [6.45, 7) is 0.0592. The highest BCUT2D eigenvalue weighted by Gasteiger charge is 2.11. The average Bonchev–Trinajstić information content (AvgIpc) is 2.36. The van der Waals surface area contributed by atoms with Gasteiger partial charge in [-0.1, -0.05) is 45.2 Å². The van der Waals surface area contributed by atoms with Crippen molar-refractivity contribution in [1.29, 1.82) is 0 Å². The number of hydrogen-bond donors (Lipinski definition) is 0. The van der Waals surface area contributed by atoms with Crippen molar-refractivity contribution >= 4 is 39.1 Å². The van der Waals surface area contributed by atoms with Crippen LogP contribution in [0.2, 0.25) is 10.0 Å². The van der Waals surface area contributed by atoms with Crippen LogP contribution in [0, 0.1) is 11.6 Å². The van der Waals surface area contributed by atoms with Crippen LogP contribution in [0.25, 0.3) is 0 Å². The lowest BCUT2D eigenvalue weighted by molar-refractivity contribution is 0.284. The lowest BCUT2D eigenvalue weighted by Crippen LogP contribution is -1.99. The van der Waals surface area contributed by atoms with Crippen molar-refractivity contribution in [3.8, 4) is 5.75 Å². The summed E-state index contributed by atoms with van der Waals surface area (Å²) >= 11 is 14.7.